The molecule has 2 unspecified atom stereocenters. The maximum Gasteiger partial charge on any atom is 0.323 e. The van der Waals surface area contributed by atoms with E-state index >= 15 is 0 Å². The Hall–Kier alpha value is -1.59. The first-order chi connectivity index (χ1) is 9.78. The molecule has 2 heterocycles. The van der Waals surface area contributed by atoms with Crippen LogP contribution in [0.15, 0.2) is 23.0 Å². The Labute approximate surface area is 117 Å². The lowest BCUT2D eigenvalue weighted by atomic mass is 9.98. The van der Waals surface area contributed by atoms with Crippen molar-refractivity contribution in [1.29, 1.82) is 0 Å². The summed E-state index contributed by atoms with van der Waals surface area (Å²) < 4.78 is 5.84. The summed E-state index contributed by atoms with van der Waals surface area (Å²) in [4.78, 5) is 16.9. The number of aromatic nitrogens is 2. The number of imidazole rings is 1. The number of hydrogen-bond acceptors (Lipinski definition) is 3. The standard InChI is InChI=1S/C15H21N3O2/c1-2-7-16-14(13-4-3-8-20-13)10-5-6-11-12(9-10)18-15(19)17-11/h5-6,9,13-14,16H,2-4,7-8H2,1H3,(H2,17,18,19). The monoisotopic (exact) mass is 275 g/mol. The van der Waals surface area contributed by atoms with E-state index in [9.17, 15) is 4.79 Å². The molecular formula is C15H21N3O2. The average molecular weight is 275 g/mol. The first kappa shape index (κ1) is 13.4. The van der Waals surface area contributed by atoms with Gasteiger partial charge in [-0.3, -0.25) is 0 Å². The fourth-order valence-corrected chi connectivity index (χ4v) is 2.87. The predicted molar refractivity (Wildman–Crippen MR) is 78.9 cm³/mol. The van der Waals surface area contributed by atoms with Crippen LogP contribution < -0.4 is 11.0 Å². The van der Waals surface area contributed by atoms with E-state index in [1.807, 2.05) is 12.1 Å². The normalized spacial score (nSPS) is 20.6. The molecule has 0 spiro atoms. The molecule has 1 fully saturated rings. The molecule has 1 saturated heterocycles. The van der Waals surface area contributed by atoms with Crippen LogP contribution in [-0.2, 0) is 4.74 Å². The van der Waals surface area contributed by atoms with Crippen molar-refractivity contribution in [3.63, 3.8) is 0 Å². The Balaban J connectivity index is 1.91. The molecule has 0 amide bonds. The van der Waals surface area contributed by atoms with Gasteiger partial charge in [-0.1, -0.05) is 13.0 Å². The summed E-state index contributed by atoms with van der Waals surface area (Å²) in [5.74, 6) is 0. The van der Waals surface area contributed by atoms with Gasteiger partial charge in [-0.15, -0.1) is 0 Å². The van der Waals surface area contributed by atoms with Gasteiger partial charge in [0.2, 0.25) is 0 Å². The Morgan fingerprint density at radius 2 is 2.25 bits per heavy atom. The van der Waals surface area contributed by atoms with E-state index < -0.39 is 0 Å². The molecule has 0 saturated carbocycles. The van der Waals surface area contributed by atoms with Gasteiger partial charge in [-0.05, 0) is 43.5 Å². The van der Waals surface area contributed by atoms with Crippen molar-refractivity contribution in [2.24, 2.45) is 0 Å². The lowest BCUT2D eigenvalue weighted by Crippen LogP contribution is -2.32. The van der Waals surface area contributed by atoms with Crippen LogP contribution in [0.5, 0.6) is 0 Å². The minimum absolute atomic E-state index is 0.160. The molecule has 1 aliphatic rings. The fourth-order valence-electron chi connectivity index (χ4n) is 2.87. The lowest BCUT2D eigenvalue weighted by Gasteiger charge is -2.24. The average Bonchev–Trinajstić information content (AvgIpc) is 3.07. The van der Waals surface area contributed by atoms with E-state index in [2.05, 4.69) is 28.3 Å². The van der Waals surface area contributed by atoms with Crippen LogP contribution in [0.4, 0.5) is 0 Å². The summed E-state index contributed by atoms with van der Waals surface area (Å²) in [6.45, 7) is 3.97. The third-order valence-corrected chi connectivity index (χ3v) is 3.85. The quantitative estimate of drug-likeness (QED) is 0.782. The molecule has 0 bridgehead atoms. The number of benzene rings is 1. The van der Waals surface area contributed by atoms with Crippen molar-refractivity contribution in [1.82, 2.24) is 15.3 Å². The number of aromatic amines is 2. The summed E-state index contributed by atoms with van der Waals surface area (Å²) >= 11 is 0. The van der Waals surface area contributed by atoms with Gasteiger partial charge in [0.1, 0.15) is 0 Å². The van der Waals surface area contributed by atoms with Crippen LogP contribution in [0.25, 0.3) is 11.0 Å². The summed E-state index contributed by atoms with van der Waals surface area (Å²) in [6, 6.07) is 6.27. The van der Waals surface area contributed by atoms with Crippen LogP contribution in [-0.4, -0.2) is 29.2 Å². The van der Waals surface area contributed by atoms with Crippen LogP contribution >= 0.6 is 0 Å². The lowest BCUT2D eigenvalue weighted by molar-refractivity contribution is 0.0783. The van der Waals surface area contributed by atoms with E-state index in [1.165, 1.54) is 5.56 Å². The number of ether oxygens (including phenoxy) is 1. The molecule has 1 aromatic carbocycles. The van der Waals surface area contributed by atoms with Crippen molar-refractivity contribution in [3.05, 3.63) is 34.2 Å². The third-order valence-electron chi connectivity index (χ3n) is 3.85. The minimum Gasteiger partial charge on any atom is -0.376 e. The molecular weight excluding hydrogens is 254 g/mol. The topological polar surface area (TPSA) is 69.9 Å². The number of H-pyrrole nitrogens is 2. The number of nitrogens with one attached hydrogen (secondary N) is 3. The zero-order valence-corrected chi connectivity index (χ0v) is 11.7. The van der Waals surface area contributed by atoms with Gasteiger partial charge >= 0.3 is 5.69 Å². The van der Waals surface area contributed by atoms with Crippen LogP contribution in [0.3, 0.4) is 0 Å². The minimum atomic E-state index is -0.160. The second-order valence-electron chi connectivity index (χ2n) is 5.37. The summed E-state index contributed by atoms with van der Waals surface area (Å²) in [5.41, 5.74) is 2.72. The molecule has 0 radical (unpaired) electrons. The second-order valence-corrected chi connectivity index (χ2v) is 5.37. The van der Waals surface area contributed by atoms with Gasteiger partial charge in [0.25, 0.3) is 0 Å². The third kappa shape index (κ3) is 2.64. The van der Waals surface area contributed by atoms with E-state index in [0.717, 1.165) is 43.4 Å². The summed E-state index contributed by atoms with van der Waals surface area (Å²) in [7, 11) is 0. The Morgan fingerprint density at radius 1 is 1.40 bits per heavy atom. The first-order valence-corrected chi connectivity index (χ1v) is 7.35. The molecule has 2 atom stereocenters. The summed E-state index contributed by atoms with van der Waals surface area (Å²) in [5, 5.41) is 3.57. The Kier molecular flexibility index (Phi) is 3.89. The highest BCUT2D eigenvalue weighted by molar-refractivity contribution is 5.75. The van der Waals surface area contributed by atoms with Gasteiger partial charge in [0.15, 0.2) is 0 Å². The molecule has 1 aliphatic heterocycles. The van der Waals surface area contributed by atoms with Crippen LogP contribution in [0, 0.1) is 0 Å². The zero-order chi connectivity index (χ0) is 13.9. The zero-order valence-electron chi connectivity index (χ0n) is 11.7. The van der Waals surface area contributed by atoms with Gasteiger partial charge in [-0.2, -0.15) is 0 Å². The molecule has 3 rings (SSSR count). The highest BCUT2D eigenvalue weighted by atomic mass is 16.5. The summed E-state index contributed by atoms with van der Waals surface area (Å²) in [6.07, 6.45) is 3.53. The van der Waals surface area contributed by atoms with E-state index in [-0.39, 0.29) is 17.8 Å². The van der Waals surface area contributed by atoms with E-state index in [4.69, 9.17) is 4.74 Å². The van der Waals surface area contributed by atoms with Gasteiger partial charge < -0.3 is 20.0 Å². The molecule has 5 nitrogen and oxygen atoms in total. The predicted octanol–water partition coefficient (Wildman–Crippen LogP) is 2.08. The van der Waals surface area contributed by atoms with Crippen molar-refractivity contribution in [2.75, 3.05) is 13.2 Å². The van der Waals surface area contributed by atoms with Gasteiger partial charge in [-0.25, -0.2) is 4.79 Å². The maximum atomic E-state index is 11.3. The van der Waals surface area contributed by atoms with Crippen molar-refractivity contribution in [2.45, 2.75) is 38.3 Å². The second kappa shape index (κ2) is 5.81. The van der Waals surface area contributed by atoms with Crippen molar-refractivity contribution >= 4 is 11.0 Å². The molecule has 5 heteroatoms. The molecule has 2 aromatic rings. The molecule has 108 valence electrons. The van der Waals surface area contributed by atoms with Crippen LogP contribution in [0.1, 0.15) is 37.8 Å². The maximum absolute atomic E-state index is 11.3. The largest absolute Gasteiger partial charge is 0.376 e. The Morgan fingerprint density at radius 3 is 3.00 bits per heavy atom. The highest BCUT2D eigenvalue weighted by Crippen LogP contribution is 2.28. The fraction of sp³-hybridized carbons (Fsp3) is 0.533. The molecule has 3 N–H and O–H groups in total. The molecule has 0 aliphatic carbocycles. The van der Waals surface area contributed by atoms with Crippen LogP contribution in [0.2, 0.25) is 0 Å². The van der Waals surface area contributed by atoms with E-state index in [1.54, 1.807) is 0 Å². The van der Waals surface area contributed by atoms with Crippen molar-refractivity contribution in [3.8, 4) is 0 Å². The van der Waals surface area contributed by atoms with Gasteiger partial charge in [0.05, 0.1) is 23.2 Å². The van der Waals surface area contributed by atoms with Gasteiger partial charge in [0, 0.05) is 6.61 Å². The highest BCUT2D eigenvalue weighted by Gasteiger charge is 2.27. The smallest absolute Gasteiger partial charge is 0.323 e. The van der Waals surface area contributed by atoms with Crippen molar-refractivity contribution < 1.29 is 4.74 Å². The molecule has 1 aromatic heterocycles. The number of fused-ring (bicyclic) bond motifs is 1. The Bertz CT molecular complexity index is 625. The number of rotatable bonds is 5. The molecule has 20 heavy (non-hydrogen) atoms. The SMILES string of the molecule is CCCNC(c1ccc2[nH]c(=O)[nH]c2c1)C1CCCO1. The number of hydrogen-bond donors (Lipinski definition) is 3. The van der Waals surface area contributed by atoms with E-state index in [0.29, 0.717) is 0 Å². The first-order valence-electron chi connectivity index (χ1n) is 7.35.